The van der Waals surface area contributed by atoms with Gasteiger partial charge in [0.15, 0.2) is 5.76 Å². The minimum atomic E-state index is -1.28. The maximum atomic E-state index is 13.1. The van der Waals surface area contributed by atoms with E-state index in [1.54, 1.807) is 13.0 Å². The van der Waals surface area contributed by atoms with Gasteiger partial charge in [0.2, 0.25) is 5.91 Å². The minimum Gasteiger partial charge on any atom is -0.454 e. The largest absolute Gasteiger partial charge is 0.454 e. The van der Waals surface area contributed by atoms with Crippen LogP contribution in [0.4, 0.5) is 4.79 Å². The van der Waals surface area contributed by atoms with E-state index in [-0.39, 0.29) is 12.3 Å². The number of nitrogens with zero attached hydrogens (tertiary/aromatic N) is 1. The highest BCUT2D eigenvalue weighted by atomic mass is 16.4. The zero-order chi connectivity index (χ0) is 22.2. The van der Waals surface area contributed by atoms with Gasteiger partial charge in [-0.25, -0.2) is 4.79 Å². The number of nitrogens with two attached hydrogens (primary N) is 1. The Hall–Kier alpha value is -4.14. The van der Waals surface area contributed by atoms with Crippen molar-refractivity contribution in [2.24, 2.45) is 5.73 Å². The molecule has 0 radical (unpaired) electrons. The third-order valence-corrected chi connectivity index (χ3v) is 5.27. The van der Waals surface area contributed by atoms with Crippen LogP contribution in [-0.2, 0) is 21.7 Å². The molecule has 1 atom stereocenters. The van der Waals surface area contributed by atoms with Gasteiger partial charge in [-0.2, -0.15) is 0 Å². The lowest BCUT2D eigenvalue weighted by molar-refractivity contribution is -0.134. The Morgan fingerprint density at radius 2 is 1.84 bits per heavy atom. The zero-order valence-electron chi connectivity index (χ0n) is 16.7. The van der Waals surface area contributed by atoms with Crippen LogP contribution in [0.15, 0.2) is 59.0 Å². The number of carbonyl (C=O) groups is 4. The summed E-state index contributed by atoms with van der Waals surface area (Å²) < 4.78 is 5.18. The van der Waals surface area contributed by atoms with Crippen LogP contribution in [-0.4, -0.2) is 35.2 Å². The molecule has 4 N–H and O–H groups in total. The number of benzene rings is 2. The van der Waals surface area contributed by atoms with E-state index in [9.17, 15) is 19.2 Å². The predicted octanol–water partition coefficient (Wildman–Crippen LogP) is 1.62. The summed E-state index contributed by atoms with van der Waals surface area (Å²) in [5, 5.41) is 7.20. The molecular formula is C22H20N4O5. The second kappa shape index (κ2) is 7.60. The number of primary amides is 1. The van der Waals surface area contributed by atoms with Gasteiger partial charge in [0, 0.05) is 0 Å². The third-order valence-electron chi connectivity index (χ3n) is 5.27. The first kappa shape index (κ1) is 20.1. The Balaban J connectivity index is 1.45. The fraction of sp³-hybridized carbons (Fsp3) is 0.182. The number of rotatable bonds is 6. The molecule has 1 aliphatic heterocycles. The molecule has 0 bridgehead atoms. The van der Waals surface area contributed by atoms with E-state index in [0.29, 0.717) is 11.3 Å². The maximum Gasteiger partial charge on any atom is 0.325 e. The number of hydrogen-bond donors (Lipinski definition) is 3. The summed E-state index contributed by atoms with van der Waals surface area (Å²) in [4.78, 5) is 49.8. The van der Waals surface area contributed by atoms with Crippen LogP contribution in [0, 0.1) is 0 Å². The monoisotopic (exact) mass is 420 g/mol. The normalized spacial score (nSPS) is 18.3. The molecule has 9 heteroatoms. The SMILES string of the molecule is CC1(c2ccc3ccccc3c2)NC(=O)N(CC(=O)NCc2ccc(C(N)=O)o2)C1=O. The van der Waals surface area contributed by atoms with Gasteiger partial charge in [0.1, 0.15) is 17.8 Å². The van der Waals surface area contributed by atoms with Gasteiger partial charge in [-0.05, 0) is 41.5 Å². The highest BCUT2D eigenvalue weighted by Gasteiger charge is 2.49. The lowest BCUT2D eigenvalue weighted by Crippen LogP contribution is -2.43. The number of amides is 5. The number of furan rings is 1. The predicted molar refractivity (Wildman–Crippen MR) is 111 cm³/mol. The molecular weight excluding hydrogens is 400 g/mol. The van der Waals surface area contributed by atoms with Crippen LogP contribution in [0.1, 0.15) is 28.8 Å². The van der Waals surface area contributed by atoms with E-state index >= 15 is 0 Å². The van der Waals surface area contributed by atoms with Gasteiger partial charge in [-0.1, -0.05) is 36.4 Å². The summed E-state index contributed by atoms with van der Waals surface area (Å²) in [5.74, 6) is -1.49. The van der Waals surface area contributed by atoms with Crippen molar-refractivity contribution < 1.29 is 23.6 Å². The van der Waals surface area contributed by atoms with Crippen LogP contribution in [0.3, 0.4) is 0 Å². The van der Waals surface area contributed by atoms with Crippen LogP contribution < -0.4 is 16.4 Å². The number of carbonyl (C=O) groups excluding carboxylic acids is 4. The van der Waals surface area contributed by atoms with Crippen molar-refractivity contribution in [3.63, 3.8) is 0 Å². The Kier molecular flexibility index (Phi) is 4.94. The van der Waals surface area contributed by atoms with Gasteiger partial charge in [-0.3, -0.25) is 19.3 Å². The molecule has 1 aromatic heterocycles. The molecule has 31 heavy (non-hydrogen) atoms. The lowest BCUT2D eigenvalue weighted by atomic mass is 9.90. The Morgan fingerprint density at radius 1 is 1.10 bits per heavy atom. The van der Waals surface area contributed by atoms with Crippen LogP contribution in [0.25, 0.3) is 10.8 Å². The van der Waals surface area contributed by atoms with Gasteiger partial charge in [0.05, 0.1) is 6.54 Å². The first-order valence-electron chi connectivity index (χ1n) is 9.56. The number of urea groups is 1. The van der Waals surface area contributed by atoms with Crippen molar-refractivity contribution in [2.75, 3.05) is 6.54 Å². The van der Waals surface area contributed by atoms with Crippen molar-refractivity contribution in [3.8, 4) is 0 Å². The molecule has 1 aliphatic rings. The molecule has 2 heterocycles. The van der Waals surface area contributed by atoms with Crippen molar-refractivity contribution in [2.45, 2.75) is 19.0 Å². The molecule has 5 amide bonds. The number of nitrogens with one attached hydrogen (secondary N) is 2. The lowest BCUT2D eigenvalue weighted by Gasteiger charge is -2.22. The van der Waals surface area contributed by atoms with Crippen LogP contribution in [0.5, 0.6) is 0 Å². The molecule has 4 rings (SSSR count). The minimum absolute atomic E-state index is 0.0162. The standard InChI is InChI=1S/C22H20N4O5/c1-22(15-7-6-13-4-2-3-5-14(13)10-15)20(29)26(21(30)25-22)12-18(27)24-11-16-8-9-17(31-16)19(23)28/h2-10H,11-12H2,1H3,(H2,23,28)(H,24,27)(H,25,30). The van der Waals surface area contributed by atoms with Crippen LogP contribution in [0.2, 0.25) is 0 Å². The summed E-state index contributed by atoms with van der Waals surface area (Å²) in [6, 6.07) is 15.5. The summed E-state index contributed by atoms with van der Waals surface area (Å²) in [6.45, 7) is 1.15. The zero-order valence-corrected chi connectivity index (χ0v) is 16.7. The Morgan fingerprint density at radius 3 is 2.55 bits per heavy atom. The molecule has 158 valence electrons. The molecule has 2 aromatic carbocycles. The first-order valence-corrected chi connectivity index (χ1v) is 9.56. The van der Waals surface area contributed by atoms with E-state index in [1.807, 2.05) is 36.4 Å². The number of imide groups is 1. The molecule has 0 saturated carbocycles. The Bertz CT molecular complexity index is 1220. The van der Waals surface area contributed by atoms with Gasteiger partial charge >= 0.3 is 6.03 Å². The van der Waals surface area contributed by atoms with E-state index in [0.717, 1.165) is 15.7 Å². The summed E-state index contributed by atoms with van der Waals surface area (Å²) in [5.41, 5.74) is 4.47. The van der Waals surface area contributed by atoms with Gasteiger partial charge in [0.25, 0.3) is 11.8 Å². The highest BCUT2D eigenvalue weighted by Crippen LogP contribution is 2.30. The third kappa shape index (κ3) is 3.73. The summed E-state index contributed by atoms with van der Waals surface area (Å²) >= 11 is 0. The van der Waals surface area contributed by atoms with Crippen LogP contribution >= 0.6 is 0 Å². The Labute approximate surface area is 177 Å². The average molecular weight is 420 g/mol. The van der Waals surface area contributed by atoms with Crippen molar-refractivity contribution >= 4 is 34.5 Å². The molecule has 1 fully saturated rings. The first-order chi connectivity index (χ1) is 14.8. The van der Waals surface area contributed by atoms with E-state index in [1.165, 1.54) is 12.1 Å². The number of fused-ring (bicyclic) bond motifs is 1. The molecule has 3 aromatic rings. The van der Waals surface area contributed by atoms with Gasteiger partial charge in [-0.15, -0.1) is 0 Å². The fourth-order valence-corrected chi connectivity index (χ4v) is 3.53. The van der Waals surface area contributed by atoms with Crippen molar-refractivity contribution in [1.82, 2.24) is 15.5 Å². The maximum absolute atomic E-state index is 13.1. The molecule has 0 spiro atoms. The van der Waals surface area contributed by atoms with Gasteiger partial charge < -0.3 is 20.8 Å². The average Bonchev–Trinajstić information content (AvgIpc) is 3.31. The molecule has 1 saturated heterocycles. The fourth-order valence-electron chi connectivity index (χ4n) is 3.53. The van der Waals surface area contributed by atoms with E-state index in [2.05, 4.69) is 10.6 Å². The summed E-state index contributed by atoms with van der Waals surface area (Å²) in [7, 11) is 0. The van der Waals surface area contributed by atoms with Crippen molar-refractivity contribution in [1.29, 1.82) is 0 Å². The molecule has 9 nitrogen and oxygen atoms in total. The summed E-state index contributed by atoms with van der Waals surface area (Å²) in [6.07, 6.45) is 0. The second-order valence-electron chi connectivity index (χ2n) is 7.42. The van der Waals surface area contributed by atoms with Crippen molar-refractivity contribution in [3.05, 3.63) is 71.7 Å². The molecule has 1 unspecified atom stereocenters. The molecule has 0 aliphatic carbocycles. The topological polar surface area (TPSA) is 135 Å². The van der Waals surface area contributed by atoms with E-state index < -0.39 is 35.8 Å². The number of hydrogen-bond acceptors (Lipinski definition) is 5. The second-order valence-corrected chi connectivity index (χ2v) is 7.42. The van der Waals surface area contributed by atoms with E-state index in [4.69, 9.17) is 10.2 Å². The highest BCUT2D eigenvalue weighted by molar-refractivity contribution is 6.09. The smallest absolute Gasteiger partial charge is 0.325 e. The quantitative estimate of drug-likeness (QED) is 0.521.